The lowest BCUT2D eigenvalue weighted by atomic mass is 9.58. The molecule has 13 heavy (non-hydrogen) atoms. The fourth-order valence-corrected chi connectivity index (χ4v) is 1.42. The van der Waals surface area contributed by atoms with Crippen LogP contribution >= 0.6 is 0 Å². The number of nitrogens with zero attached hydrogens (tertiary/aromatic N) is 1. The van der Waals surface area contributed by atoms with Gasteiger partial charge < -0.3 is 0 Å². The minimum atomic E-state index is -0.0733. The molecule has 2 rings (SSSR count). The summed E-state index contributed by atoms with van der Waals surface area (Å²) in [7, 11) is 0. The molecule has 1 aromatic rings. The number of rotatable bonds is 1. The van der Waals surface area contributed by atoms with Gasteiger partial charge in [0.2, 0.25) is 0 Å². The molecule has 0 atom stereocenters. The minimum Gasteiger partial charge on any atom is -0.298 e. The Hall–Kier alpha value is -1.31. The third kappa shape index (κ3) is 1.57. The zero-order chi connectivity index (χ0) is 9.10. The summed E-state index contributed by atoms with van der Waals surface area (Å²) < 4.78 is 0. The molecule has 1 heterocycles. The second-order valence-electron chi connectivity index (χ2n) is 2.89. The molecule has 1 aromatic carbocycles. The van der Waals surface area contributed by atoms with Crippen LogP contribution in [0, 0.1) is 11.3 Å². The van der Waals surface area contributed by atoms with Gasteiger partial charge in [0, 0.05) is 5.56 Å². The van der Waals surface area contributed by atoms with Gasteiger partial charge in [0.25, 0.3) is 0 Å². The van der Waals surface area contributed by atoms with Crippen molar-refractivity contribution in [3.63, 3.8) is 0 Å². The van der Waals surface area contributed by atoms with Crippen molar-refractivity contribution in [2.75, 3.05) is 6.61 Å². The van der Waals surface area contributed by atoms with Crippen molar-refractivity contribution in [1.29, 1.82) is 5.26 Å². The van der Waals surface area contributed by atoms with E-state index in [-0.39, 0.29) is 6.92 Å². The van der Waals surface area contributed by atoms with Gasteiger partial charge in [0.15, 0.2) is 0 Å². The van der Waals surface area contributed by atoms with Crippen molar-refractivity contribution in [2.24, 2.45) is 0 Å². The van der Waals surface area contributed by atoms with E-state index in [1.54, 1.807) is 6.07 Å². The summed E-state index contributed by atoms with van der Waals surface area (Å²) in [6.45, 7) is 0.528. The van der Waals surface area contributed by atoms with Gasteiger partial charge in [-0.2, -0.15) is 5.26 Å². The molecule has 0 aromatic heterocycles. The van der Waals surface area contributed by atoms with Crippen molar-refractivity contribution < 1.29 is 9.69 Å². The topological polar surface area (TPSA) is 42.2 Å². The molecule has 0 saturated carbocycles. The second-order valence-corrected chi connectivity index (χ2v) is 2.89. The Labute approximate surface area is 76.9 Å². The molecule has 3 nitrogen and oxygen atoms in total. The van der Waals surface area contributed by atoms with Gasteiger partial charge in [-0.15, -0.1) is 0 Å². The molecule has 1 aliphatic rings. The highest BCUT2D eigenvalue weighted by atomic mass is 17.2. The summed E-state index contributed by atoms with van der Waals surface area (Å²) in [5.74, 6) is 0. The van der Waals surface area contributed by atoms with Crippen LogP contribution in [0.2, 0.25) is 6.32 Å². The second kappa shape index (κ2) is 3.61. The Balaban J connectivity index is 2.33. The van der Waals surface area contributed by atoms with E-state index >= 15 is 0 Å². The summed E-state index contributed by atoms with van der Waals surface area (Å²) in [5.41, 5.74) is 1.58. The smallest absolute Gasteiger partial charge is 0.298 e. The predicted molar refractivity (Wildman–Crippen MR) is 48.4 cm³/mol. The van der Waals surface area contributed by atoms with Gasteiger partial charge in [0.1, 0.15) is 0 Å². The molecule has 1 fully saturated rings. The molecular formula is C9H8BNO2. The lowest BCUT2D eigenvalue weighted by Crippen LogP contribution is -2.31. The zero-order valence-electron chi connectivity index (χ0n) is 7.06. The van der Waals surface area contributed by atoms with Crippen LogP contribution in [0.15, 0.2) is 24.3 Å². The molecule has 0 aliphatic carbocycles. The van der Waals surface area contributed by atoms with Crippen molar-refractivity contribution in [3.8, 4) is 6.07 Å². The molecule has 0 radical (unpaired) electrons. The fraction of sp³-hybridized carbons (Fsp3) is 0.222. The van der Waals surface area contributed by atoms with Crippen LogP contribution in [0.5, 0.6) is 0 Å². The average Bonchev–Trinajstić information content (AvgIpc) is 2.70. The fourth-order valence-electron chi connectivity index (χ4n) is 1.42. The molecule has 0 N–H and O–H groups in total. The van der Waals surface area contributed by atoms with Crippen LogP contribution in [0.4, 0.5) is 0 Å². The normalized spacial score (nSPS) is 15.8. The molecule has 1 aliphatic heterocycles. The van der Waals surface area contributed by atoms with E-state index in [1.165, 1.54) is 0 Å². The summed E-state index contributed by atoms with van der Waals surface area (Å²) >= 11 is 0. The van der Waals surface area contributed by atoms with Gasteiger partial charge in [0.05, 0.1) is 12.7 Å². The lowest BCUT2D eigenvalue weighted by Gasteiger charge is -2.04. The van der Waals surface area contributed by atoms with Crippen LogP contribution in [0.25, 0.3) is 0 Å². The SMILES string of the molecule is N#Cc1ccccc1B1CCOO1. The van der Waals surface area contributed by atoms with Gasteiger partial charge in [-0.25, -0.2) is 0 Å². The number of hydrogen-bond donors (Lipinski definition) is 0. The quantitative estimate of drug-likeness (QED) is 0.464. The van der Waals surface area contributed by atoms with E-state index < -0.39 is 0 Å². The van der Waals surface area contributed by atoms with E-state index in [2.05, 4.69) is 6.07 Å². The summed E-state index contributed by atoms with van der Waals surface area (Å²) in [4.78, 5) is 9.83. The Kier molecular flexibility index (Phi) is 2.30. The molecule has 4 heteroatoms. The number of nitriles is 1. The van der Waals surface area contributed by atoms with Crippen LogP contribution in [0.3, 0.4) is 0 Å². The molecule has 0 bridgehead atoms. The van der Waals surface area contributed by atoms with Crippen molar-refractivity contribution in [2.45, 2.75) is 6.32 Å². The first-order chi connectivity index (χ1) is 6.42. The average molecular weight is 173 g/mol. The highest BCUT2D eigenvalue weighted by Gasteiger charge is 2.27. The van der Waals surface area contributed by atoms with Crippen LogP contribution < -0.4 is 5.46 Å². The Bertz CT molecular complexity index is 342. The lowest BCUT2D eigenvalue weighted by molar-refractivity contribution is -0.184. The molecular weight excluding hydrogens is 165 g/mol. The van der Waals surface area contributed by atoms with E-state index in [9.17, 15) is 0 Å². The molecule has 64 valence electrons. The summed E-state index contributed by atoms with van der Waals surface area (Å²) in [6.07, 6.45) is 0.818. The van der Waals surface area contributed by atoms with E-state index in [1.807, 2.05) is 18.2 Å². The Morgan fingerprint density at radius 3 is 2.92 bits per heavy atom. The third-order valence-corrected chi connectivity index (χ3v) is 2.08. The van der Waals surface area contributed by atoms with Crippen molar-refractivity contribution in [1.82, 2.24) is 0 Å². The maximum atomic E-state index is 8.83. The largest absolute Gasteiger partial charge is 0.376 e. The molecule has 1 saturated heterocycles. The first kappa shape index (κ1) is 8.30. The van der Waals surface area contributed by atoms with Gasteiger partial charge in [-0.1, -0.05) is 18.2 Å². The van der Waals surface area contributed by atoms with Gasteiger partial charge in [-0.3, -0.25) is 9.69 Å². The highest BCUT2D eigenvalue weighted by molar-refractivity contribution is 6.68. The monoisotopic (exact) mass is 173 g/mol. The first-order valence-corrected chi connectivity index (χ1v) is 4.19. The molecule has 0 amide bonds. The molecule has 0 unspecified atom stereocenters. The molecule has 0 spiro atoms. The van der Waals surface area contributed by atoms with Crippen LogP contribution in [-0.2, 0) is 9.69 Å². The maximum Gasteiger partial charge on any atom is 0.376 e. The van der Waals surface area contributed by atoms with Crippen LogP contribution in [-0.4, -0.2) is 13.5 Å². The maximum absolute atomic E-state index is 8.83. The van der Waals surface area contributed by atoms with E-state index in [0.717, 1.165) is 11.8 Å². The highest BCUT2D eigenvalue weighted by Crippen LogP contribution is 2.08. The minimum absolute atomic E-state index is 0.0733. The van der Waals surface area contributed by atoms with E-state index in [0.29, 0.717) is 12.2 Å². The van der Waals surface area contributed by atoms with E-state index in [4.69, 9.17) is 15.0 Å². The zero-order valence-corrected chi connectivity index (χ0v) is 7.06. The Morgan fingerprint density at radius 1 is 1.38 bits per heavy atom. The third-order valence-electron chi connectivity index (χ3n) is 2.08. The van der Waals surface area contributed by atoms with Gasteiger partial charge >= 0.3 is 6.92 Å². The van der Waals surface area contributed by atoms with Crippen molar-refractivity contribution in [3.05, 3.63) is 29.8 Å². The van der Waals surface area contributed by atoms with Gasteiger partial charge in [-0.05, 0) is 17.8 Å². The van der Waals surface area contributed by atoms with Crippen molar-refractivity contribution >= 4 is 12.4 Å². The summed E-state index contributed by atoms with van der Waals surface area (Å²) in [5, 5.41) is 8.83. The standard InChI is InChI=1S/C9H8BNO2/c11-7-8-3-1-2-4-9(8)10-5-6-12-13-10/h1-4H,5-6H2. The first-order valence-electron chi connectivity index (χ1n) is 4.19. The van der Waals surface area contributed by atoms with Crippen LogP contribution in [0.1, 0.15) is 5.56 Å². The predicted octanol–water partition coefficient (Wildman–Crippen LogP) is 0.719. The summed E-state index contributed by atoms with van der Waals surface area (Å²) in [6, 6.07) is 9.57. The Morgan fingerprint density at radius 2 is 2.23 bits per heavy atom. The number of benzene rings is 1. The number of hydrogen-bond acceptors (Lipinski definition) is 3.